The van der Waals surface area contributed by atoms with Gasteiger partial charge in [-0.2, -0.15) is 5.10 Å². The fourth-order valence-corrected chi connectivity index (χ4v) is 1.33. The van der Waals surface area contributed by atoms with E-state index >= 15 is 0 Å². The second-order valence-corrected chi connectivity index (χ2v) is 3.36. The van der Waals surface area contributed by atoms with Gasteiger partial charge in [0.2, 0.25) is 0 Å². The molecule has 0 atom stereocenters. The van der Waals surface area contributed by atoms with E-state index in [1.54, 1.807) is 11.0 Å². The van der Waals surface area contributed by atoms with E-state index in [1.807, 2.05) is 24.3 Å². The Morgan fingerprint density at radius 1 is 1.25 bits per heavy atom. The van der Waals surface area contributed by atoms with Crippen LogP contribution in [0.4, 0.5) is 0 Å². The second-order valence-electron chi connectivity index (χ2n) is 3.36. The summed E-state index contributed by atoms with van der Waals surface area (Å²) in [6.07, 6.45) is 3.18. The van der Waals surface area contributed by atoms with Gasteiger partial charge in [-0.25, -0.2) is 9.67 Å². The number of hydrogen-bond donors (Lipinski definition) is 1. The van der Waals surface area contributed by atoms with E-state index in [-0.39, 0.29) is 0 Å². The summed E-state index contributed by atoms with van der Waals surface area (Å²) in [6.45, 7) is 1.82. The Morgan fingerprint density at radius 2 is 2.06 bits per heavy atom. The summed E-state index contributed by atoms with van der Waals surface area (Å²) in [5, 5.41) is 3.98. The molecule has 84 valence electrons. The molecule has 0 amide bonds. The highest BCUT2D eigenvalue weighted by Crippen LogP contribution is 2.11. The van der Waals surface area contributed by atoms with Gasteiger partial charge in [0.05, 0.1) is 6.54 Å². The van der Waals surface area contributed by atoms with Crippen LogP contribution in [0.5, 0.6) is 5.75 Å². The molecule has 0 saturated heterocycles. The number of benzene rings is 1. The molecule has 0 aliphatic rings. The predicted molar refractivity (Wildman–Crippen MR) is 59.9 cm³/mol. The van der Waals surface area contributed by atoms with E-state index < -0.39 is 0 Å². The average Bonchev–Trinajstić information content (AvgIpc) is 2.83. The van der Waals surface area contributed by atoms with Crippen LogP contribution in [0.15, 0.2) is 36.9 Å². The van der Waals surface area contributed by atoms with Gasteiger partial charge < -0.3 is 10.5 Å². The SMILES string of the molecule is NCc1ccc(OCCn2cncn2)cc1. The van der Waals surface area contributed by atoms with Gasteiger partial charge in [-0.05, 0) is 17.7 Å². The highest BCUT2D eigenvalue weighted by atomic mass is 16.5. The molecule has 0 aliphatic heterocycles. The summed E-state index contributed by atoms with van der Waals surface area (Å²) in [5.74, 6) is 0.845. The molecule has 16 heavy (non-hydrogen) atoms. The molecule has 0 unspecified atom stereocenters. The first-order valence-corrected chi connectivity index (χ1v) is 5.12. The zero-order chi connectivity index (χ0) is 11.2. The maximum absolute atomic E-state index is 5.55. The molecule has 2 aromatic rings. The first-order valence-electron chi connectivity index (χ1n) is 5.12. The predicted octanol–water partition coefficient (Wildman–Crippen LogP) is 0.816. The molecule has 5 heteroatoms. The fraction of sp³-hybridized carbons (Fsp3) is 0.273. The lowest BCUT2D eigenvalue weighted by Gasteiger charge is -2.06. The Bertz CT molecular complexity index is 410. The van der Waals surface area contributed by atoms with Gasteiger partial charge >= 0.3 is 0 Å². The van der Waals surface area contributed by atoms with Crippen molar-refractivity contribution in [3.8, 4) is 5.75 Å². The Hall–Kier alpha value is -1.88. The first-order chi connectivity index (χ1) is 7.88. The van der Waals surface area contributed by atoms with Crippen molar-refractivity contribution in [3.63, 3.8) is 0 Å². The van der Waals surface area contributed by atoms with E-state index in [9.17, 15) is 0 Å². The maximum atomic E-state index is 5.55. The van der Waals surface area contributed by atoms with Crippen molar-refractivity contribution in [2.24, 2.45) is 5.73 Å². The number of ether oxygens (including phenoxy) is 1. The molecule has 2 rings (SSSR count). The van der Waals surface area contributed by atoms with Gasteiger partial charge in [0.25, 0.3) is 0 Å². The van der Waals surface area contributed by atoms with E-state index in [0.29, 0.717) is 19.7 Å². The maximum Gasteiger partial charge on any atom is 0.137 e. The van der Waals surface area contributed by atoms with Gasteiger partial charge in [0.15, 0.2) is 0 Å². The number of nitrogens with two attached hydrogens (primary N) is 1. The third kappa shape index (κ3) is 2.80. The van der Waals surface area contributed by atoms with Gasteiger partial charge in [-0.1, -0.05) is 12.1 Å². The van der Waals surface area contributed by atoms with Crippen LogP contribution in [0.2, 0.25) is 0 Å². The van der Waals surface area contributed by atoms with Crippen molar-refractivity contribution in [1.82, 2.24) is 14.8 Å². The summed E-state index contributed by atoms with van der Waals surface area (Å²) >= 11 is 0. The van der Waals surface area contributed by atoms with Crippen molar-refractivity contribution in [1.29, 1.82) is 0 Å². The van der Waals surface area contributed by atoms with Crippen LogP contribution in [-0.2, 0) is 13.1 Å². The summed E-state index contributed by atoms with van der Waals surface area (Å²) in [6, 6.07) is 7.77. The minimum Gasteiger partial charge on any atom is -0.492 e. The van der Waals surface area contributed by atoms with Crippen LogP contribution < -0.4 is 10.5 Å². The van der Waals surface area contributed by atoms with E-state index in [4.69, 9.17) is 10.5 Å². The van der Waals surface area contributed by atoms with Crippen LogP contribution >= 0.6 is 0 Å². The zero-order valence-corrected chi connectivity index (χ0v) is 8.91. The minimum atomic E-state index is 0.555. The number of rotatable bonds is 5. The largest absolute Gasteiger partial charge is 0.492 e. The second kappa shape index (κ2) is 5.27. The first kappa shape index (κ1) is 10.6. The normalized spacial score (nSPS) is 10.3. The van der Waals surface area contributed by atoms with E-state index in [2.05, 4.69) is 10.1 Å². The Kier molecular flexibility index (Phi) is 3.50. The summed E-state index contributed by atoms with van der Waals surface area (Å²) in [7, 11) is 0. The molecule has 0 bridgehead atoms. The standard InChI is InChI=1S/C11H14N4O/c12-7-10-1-3-11(4-2-10)16-6-5-15-9-13-8-14-15/h1-4,8-9H,5-7,12H2. The lowest BCUT2D eigenvalue weighted by molar-refractivity contribution is 0.291. The lowest BCUT2D eigenvalue weighted by atomic mass is 10.2. The number of hydrogen-bond acceptors (Lipinski definition) is 4. The molecular weight excluding hydrogens is 204 g/mol. The zero-order valence-electron chi connectivity index (χ0n) is 8.91. The van der Waals surface area contributed by atoms with Crippen LogP contribution in [-0.4, -0.2) is 21.4 Å². The molecule has 0 saturated carbocycles. The van der Waals surface area contributed by atoms with Crippen molar-refractivity contribution < 1.29 is 4.74 Å². The molecule has 1 aromatic heterocycles. The summed E-state index contributed by atoms with van der Waals surface area (Å²) in [4.78, 5) is 3.85. The van der Waals surface area contributed by atoms with Gasteiger partial charge in [-0.3, -0.25) is 0 Å². The number of aromatic nitrogens is 3. The molecule has 5 nitrogen and oxygen atoms in total. The molecule has 1 aromatic carbocycles. The highest BCUT2D eigenvalue weighted by molar-refractivity contribution is 5.26. The molecule has 2 N–H and O–H groups in total. The smallest absolute Gasteiger partial charge is 0.137 e. The van der Waals surface area contributed by atoms with Crippen LogP contribution in [0.1, 0.15) is 5.56 Å². The molecular formula is C11H14N4O. The van der Waals surface area contributed by atoms with Crippen molar-refractivity contribution in [3.05, 3.63) is 42.5 Å². The molecule has 0 aliphatic carbocycles. The van der Waals surface area contributed by atoms with Crippen molar-refractivity contribution in [2.45, 2.75) is 13.1 Å². The molecule has 0 spiro atoms. The lowest BCUT2D eigenvalue weighted by Crippen LogP contribution is -2.08. The van der Waals surface area contributed by atoms with Crippen LogP contribution in [0.25, 0.3) is 0 Å². The fourth-order valence-electron chi connectivity index (χ4n) is 1.33. The average molecular weight is 218 g/mol. The minimum absolute atomic E-state index is 0.555. The highest BCUT2D eigenvalue weighted by Gasteiger charge is 1.95. The molecule has 0 radical (unpaired) electrons. The van der Waals surface area contributed by atoms with Crippen LogP contribution in [0, 0.1) is 0 Å². The van der Waals surface area contributed by atoms with E-state index in [0.717, 1.165) is 11.3 Å². The third-order valence-electron chi connectivity index (χ3n) is 2.21. The quantitative estimate of drug-likeness (QED) is 0.806. The van der Waals surface area contributed by atoms with E-state index in [1.165, 1.54) is 6.33 Å². The topological polar surface area (TPSA) is 66.0 Å². The summed E-state index contributed by atoms with van der Waals surface area (Å²) < 4.78 is 7.28. The Balaban J connectivity index is 1.81. The summed E-state index contributed by atoms with van der Waals surface area (Å²) in [5.41, 5.74) is 6.61. The Morgan fingerprint density at radius 3 is 2.69 bits per heavy atom. The number of nitrogens with zero attached hydrogens (tertiary/aromatic N) is 3. The molecule has 1 heterocycles. The van der Waals surface area contributed by atoms with Gasteiger partial charge in [0.1, 0.15) is 25.0 Å². The van der Waals surface area contributed by atoms with Crippen molar-refractivity contribution in [2.75, 3.05) is 6.61 Å². The third-order valence-corrected chi connectivity index (χ3v) is 2.21. The van der Waals surface area contributed by atoms with Gasteiger partial charge in [-0.15, -0.1) is 0 Å². The molecule has 0 fully saturated rings. The van der Waals surface area contributed by atoms with Crippen LogP contribution in [0.3, 0.4) is 0 Å². The van der Waals surface area contributed by atoms with Crippen molar-refractivity contribution >= 4 is 0 Å². The Labute approximate surface area is 93.9 Å². The monoisotopic (exact) mass is 218 g/mol. The van der Waals surface area contributed by atoms with Gasteiger partial charge in [0, 0.05) is 6.54 Å².